The van der Waals surface area contributed by atoms with Gasteiger partial charge in [-0.1, -0.05) is 29.8 Å². The fraction of sp³-hybridized carbons (Fsp3) is 0.250. The van der Waals surface area contributed by atoms with Crippen molar-refractivity contribution in [1.29, 1.82) is 0 Å². The van der Waals surface area contributed by atoms with Gasteiger partial charge in [0.05, 0.1) is 6.61 Å². The number of hydrogen-bond donors (Lipinski definition) is 1. The number of ether oxygens (including phenoxy) is 1. The highest BCUT2D eigenvalue weighted by atomic mass is 35.5. The fourth-order valence-electron chi connectivity index (χ4n) is 1.85. The van der Waals surface area contributed by atoms with Gasteiger partial charge in [0.25, 0.3) is 0 Å². The van der Waals surface area contributed by atoms with Gasteiger partial charge in [-0.15, -0.1) is 11.8 Å². The Hall–Kier alpha value is -1.16. The lowest BCUT2D eigenvalue weighted by Crippen LogP contribution is -2.08. The quantitative estimate of drug-likeness (QED) is 0.611. The molecule has 0 atom stereocenters. The van der Waals surface area contributed by atoms with Crippen LogP contribution in [0.5, 0.6) is 5.75 Å². The Kier molecular flexibility index (Phi) is 6.25. The molecule has 2 rings (SSSR count). The van der Waals surface area contributed by atoms with Gasteiger partial charge in [0.1, 0.15) is 5.75 Å². The van der Waals surface area contributed by atoms with Gasteiger partial charge >= 0.3 is 0 Å². The van der Waals surface area contributed by atoms with Crippen molar-refractivity contribution >= 4 is 23.4 Å². The predicted octanol–water partition coefficient (Wildman–Crippen LogP) is 4.23. The first-order valence-corrected chi connectivity index (χ1v) is 7.89. The second kappa shape index (κ2) is 8.20. The van der Waals surface area contributed by atoms with Crippen LogP contribution in [0.4, 0.5) is 0 Å². The first-order valence-electron chi connectivity index (χ1n) is 6.53. The zero-order valence-electron chi connectivity index (χ0n) is 11.4. The molecule has 0 heterocycles. The Morgan fingerprint density at radius 3 is 2.70 bits per heavy atom. The summed E-state index contributed by atoms with van der Waals surface area (Å²) < 4.78 is 5.85. The van der Waals surface area contributed by atoms with E-state index >= 15 is 0 Å². The third kappa shape index (κ3) is 4.75. The summed E-state index contributed by atoms with van der Waals surface area (Å²) in [5, 5.41) is 3.86. The van der Waals surface area contributed by atoms with Crippen LogP contribution < -0.4 is 10.1 Å². The van der Waals surface area contributed by atoms with E-state index in [1.54, 1.807) is 11.8 Å². The molecule has 0 spiro atoms. The van der Waals surface area contributed by atoms with Gasteiger partial charge in [-0.05, 0) is 37.4 Å². The average molecular weight is 308 g/mol. The molecule has 0 aromatic heterocycles. The third-order valence-electron chi connectivity index (χ3n) is 2.74. The number of benzene rings is 2. The maximum atomic E-state index is 6.01. The largest absolute Gasteiger partial charge is 0.492 e. The van der Waals surface area contributed by atoms with Crippen LogP contribution in [0.3, 0.4) is 0 Å². The lowest BCUT2D eigenvalue weighted by Gasteiger charge is -2.11. The van der Waals surface area contributed by atoms with Crippen molar-refractivity contribution in [2.24, 2.45) is 0 Å². The molecule has 20 heavy (non-hydrogen) atoms. The lowest BCUT2D eigenvalue weighted by atomic mass is 10.2. The average Bonchev–Trinajstić information content (AvgIpc) is 2.47. The van der Waals surface area contributed by atoms with Crippen molar-refractivity contribution in [1.82, 2.24) is 5.32 Å². The van der Waals surface area contributed by atoms with E-state index in [0.29, 0.717) is 6.61 Å². The third-order valence-corrected chi connectivity index (χ3v) is 3.95. The van der Waals surface area contributed by atoms with Crippen LogP contribution in [0.15, 0.2) is 53.4 Å². The van der Waals surface area contributed by atoms with Crippen LogP contribution in [0.2, 0.25) is 5.02 Å². The summed E-state index contributed by atoms with van der Waals surface area (Å²) in [6.07, 6.45) is 0. The standard InChI is InChI=1S/C16H18ClNOS/c1-18-12-13-11-14(17)7-8-16(13)19-9-10-20-15-5-3-2-4-6-15/h2-8,11,18H,9-10,12H2,1H3. The predicted molar refractivity (Wildman–Crippen MR) is 86.9 cm³/mol. The minimum absolute atomic E-state index is 0.678. The van der Waals surface area contributed by atoms with Gasteiger partial charge in [0.15, 0.2) is 0 Å². The van der Waals surface area contributed by atoms with E-state index in [1.165, 1.54) is 4.90 Å². The van der Waals surface area contributed by atoms with Gasteiger partial charge in [0, 0.05) is 27.8 Å². The Labute approximate surface area is 129 Å². The summed E-state index contributed by atoms with van der Waals surface area (Å²) in [4.78, 5) is 1.27. The molecule has 0 bridgehead atoms. The molecule has 0 aliphatic carbocycles. The van der Waals surface area contributed by atoms with Gasteiger partial charge < -0.3 is 10.1 Å². The Balaban J connectivity index is 1.84. The molecule has 0 saturated carbocycles. The summed E-state index contributed by atoms with van der Waals surface area (Å²) >= 11 is 7.80. The second-order valence-electron chi connectivity index (χ2n) is 4.29. The summed E-state index contributed by atoms with van der Waals surface area (Å²) in [7, 11) is 1.91. The fourth-order valence-corrected chi connectivity index (χ4v) is 2.79. The van der Waals surface area contributed by atoms with Gasteiger partial charge in [-0.2, -0.15) is 0 Å². The smallest absolute Gasteiger partial charge is 0.123 e. The van der Waals surface area contributed by atoms with Gasteiger partial charge in [0.2, 0.25) is 0 Å². The topological polar surface area (TPSA) is 21.3 Å². The molecule has 0 radical (unpaired) electrons. The second-order valence-corrected chi connectivity index (χ2v) is 5.90. The van der Waals surface area contributed by atoms with Crippen LogP contribution >= 0.6 is 23.4 Å². The first kappa shape index (κ1) is 15.2. The molecule has 106 valence electrons. The molecule has 1 N–H and O–H groups in total. The lowest BCUT2D eigenvalue weighted by molar-refractivity contribution is 0.339. The van der Waals surface area contributed by atoms with Crippen molar-refractivity contribution in [3.05, 3.63) is 59.1 Å². The highest BCUT2D eigenvalue weighted by Crippen LogP contribution is 2.23. The van der Waals surface area contributed by atoms with Crippen LogP contribution in [0.1, 0.15) is 5.56 Å². The van der Waals surface area contributed by atoms with E-state index in [-0.39, 0.29) is 0 Å². The van der Waals surface area contributed by atoms with Crippen molar-refractivity contribution in [2.75, 3.05) is 19.4 Å². The number of hydrogen-bond acceptors (Lipinski definition) is 3. The first-order chi connectivity index (χ1) is 9.79. The number of rotatable bonds is 7. The molecule has 0 aliphatic rings. The molecule has 0 saturated heterocycles. The summed E-state index contributed by atoms with van der Waals surface area (Å²) in [6, 6.07) is 16.1. The van der Waals surface area contributed by atoms with E-state index in [0.717, 1.165) is 28.6 Å². The Morgan fingerprint density at radius 1 is 1.15 bits per heavy atom. The zero-order chi connectivity index (χ0) is 14.2. The van der Waals surface area contributed by atoms with Crippen molar-refractivity contribution in [2.45, 2.75) is 11.4 Å². The van der Waals surface area contributed by atoms with Crippen LogP contribution in [0, 0.1) is 0 Å². The molecule has 2 aromatic rings. The van der Waals surface area contributed by atoms with E-state index in [4.69, 9.17) is 16.3 Å². The SMILES string of the molecule is CNCc1cc(Cl)ccc1OCCSc1ccccc1. The number of halogens is 1. The van der Waals surface area contributed by atoms with Crippen LogP contribution in [-0.4, -0.2) is 19.4 Å². The minimum atomic E-state index is 0.678. The molecule has 0 unspecified atom stereocenters. The molecule has 0 amide bonds. The minimum Gasteiger partial charge on any atom is -0.492 e. The van der Waals surface area contributed by atoms with Crippen molar-refractivity contribution in [3.63, 3.8) is 0 Å². The Bertz CT molecular complexity index is 533. The Morgan fingerprint density at radius 2 is 1.95 bits per heavy atom. The van der Waals surface area contributed by atoms with Crippen LogP contribution in [0.25, 0.3) is 0 Å². The zero-order valence-corrected chi connectivity index (χ0v) is 13.0. The summed E-state index contributed by atoms with van der Waals surface area (Å²) in [5.74, 6) is 1.82. The number of nitrogens with one attached hydrogen (secondary N) is 1. The van der Waals surface area contributed by atoms with Crippen molar-refractivity contribution < 1.29 is 4.74 Å². The normalized spacial score (nSPS) is 10.5. The molecule has 2 nitrogen and oxygen atoms in total. The molecule has 0 aliphatic heterocycles. The molecular weight excluding hydrogens is 290 g/mol. The molecule has 2 aromatic carbocycles. The van der Waals surface area contributed by atoms with E-state index in [1.807, 2.05) is 43.4 Å². The van der Waals surface area contributed by atoms with Gasteiger partial charge in [-0.3, -0.25) is 0 Å². The summed E-state index contributed by atoms with van der Waals surface area (Å²) in [6.45, 7) is 1.43. The maximum absolute atomic E-state index is 6.01. The molecule has 4 heteroatoms. The molecule has 0 fully saturated rings. The number of thioether (sulfide) groups is 1. The highest BCUT2D eigenvalue weighted by molar-refractivity contribution is 7.99. The molecular formula is C16H18ClNOS. The van der Waals surface area contributed by atoms with E-state index in [9.17, 15) is 0 Å². The van der Waals surface area contributed by atoms with Crippen molar-refractivity contribution in [3.8, 4) is 5.75 Å². The highest BCUT2D eigenvalue weighted by Gasteiger charge is 2.04. The maximum Gasteiger partial charge on any atom is 0.123 e. The van der Waals surface area contributed by atoms with E-state index < -0.39 is 0 Å². The monoisotopic (exact) mass is 307 g/mol. The van der Waals surface area contributed by atoms with E-state index in [2.05, 4.69) is 17.4 Å². The van der Waals surface area contributed by atoms with Gasteiger partial charge in [-0.25, -0.2) is 0 Å². The van der Waals surface area contributed by atoms with Crippen LogP contribution in [-0.2, 0) is 6.54 Å². The summed E-state index contributed by atoms with van der Waals surface area (Å²) in [5.41, 5.74) is 1.09.